The lowest BCUT2D eigenvalue weighted by Gasteiger charge is -2.46. The van der Waals surface area contributed by atoms with Gasteiger partial charge in [-0.1, -0.05) is 6.92 Å². The summed E-state index contributed by atoms with van der Waals surface area (Å²) in [6.07, 6.45) is 1.97. The van der Waals surface area contributed by atoms with E-state index < -0.39 is 17.6 Å². The van der Waals surface area contributed by atoms with Crippen LogP contribution in [0.1, 0.15) is 91.3 Å². The highest BCUT2D eigenvalue weighted by Gasteiger charge is 2.49. The lowest BCUT2D eigenvalue weighted by atomic mass is 9.58. The summed E-state index contributed by atoms with van der Waals surface area (Å²) in [5, 5.41) is 15.3. The lowest BCUT2D eigenvalue weighted by molar-refractivity contribution is -0.138. The molecule has 7 nitrogen and oxygen atoms in total. The molecule has 1 aliphatic heterocycles. The fourth-order valence-corrected chi connectivity index (χ4v) is 6.97. The molecular weight excluding hydrogens is 529 g/mol. The first-order valence-electron chi connectivity index (χ1n) is 14.5. The molecule has 10 heteroatoms. The first-order valence-corrected chi connectivity index (χ1v) is 14.5. The predicted octanol–water partition coefficient (Wildman–Crippen LogP) is 6.17. The molecule has 2 fully saturated rings. The molecule has 2 aliphatic carbocycles. The number of hydrogen-bond acceptors (Lipinski definition) is 5. The van der Waals surface area contributed by atoms with E-state index in [1.165, 1.54) is 11.0 Å². The number of halogens is 3. The Morgan fingerprint density at radius 2 is 1.88 bits per heavy atom. The second-order valence-electron chi connectivity index (χ2n) is 12.5. The summed E-state index contributed by atoms with van der Waals surface area (Å²) in [7, 11) is 1.92. The third-order valence-electron chi connectivity index (χ3n) is 9.28. The summed E-state index contributed by atoms with van der Waals surface area (Å²) < 4.78 is 44.9. The molecule has 0 radical (unpaired) electrons. The number of nitrogens with one attached hydrogen (secondary N) is 2. The van der Waals surface area contributed by atoms with Crippen LogP contribution in [0.4, 0.5) is 24.5 Å². The normalized spacial score (nSPS) is 23.2. The summed E-state index contributed by atoms with van der Waals surface area (Å²) in [5.74, 6) is 0.929. The number of carbonyl (C=O) groups excluding carboxylic acids is 1. The van der Waals surface area contributed by atoms with Gasteiger partial charge < -0.3 is 20.1 Å². The van der Waals surface area contributed by atoms with Gasteiger partial charge >= 0.3 is 6.18 Å². The molecule has 2 aromatic carbocycles. The van der Waals surface area contributed by atoms with Crippen LogP contribution in [0, 0.1) is 5.92 Å². The Kier molecular flexibility index (Phi) is 6.67. The highest BCUT2D eigenvalue weighted by atomic mass is 19.4. The van der Waals surface area contributed by atoms with Gasteiger partial charge in [0.25, 0.3) is 5.91 Å². The van der Waals surface area contributed by atoms with Crippen LogP contribution in [0.15, 0.2) is 36.7 Å². The summed E-state index contributed by atoms with van der Waals surface area (Å²) in [5.41, 5.74) is 1.86. The van der Waals surface area contributed by atoms with Crippen LogP contribution >= 0.6 is 0 Å². The molecule has 2 saturated carbocycles. The molecule has 2 heterocycles. The molecule has 1 aromatic heterocycles. The van der Waals surface area contributed by atoms with Gasteiger partial charge in [0.05, 0.1) is 17.5 Å². The van der Waals surface area contributed by atoms with Crippen molar-refractivity contribution in [3.8, 4) is 0 Å². The SMILES string of the molecule is CCNc1cc(N2Cc3c(cc(CNC4(C)CCC4)cc3C(F)(F)F)C2=O)cc([C@]2(c3nncn3C)C[C@@H](C)C2)c1. The van der Waals surface area contributed by atoms with Crippen LogP contribution in [0.5, 0.6) is 0 Å². The molecule has 0 unspecified atom stereocenters. The summed E-state index contributed by atoms with van der Waals surface area (Å²) in [6, 6.07) is 8.75. The number of rotatable bonds is 8. The number of fused-ring (bicyclic) bond motifs is 1. The Hall–Kier alpha value is -3.40. The molecule has 0 bridgehead atoms. The van der Waals surface area contributed by atoms with E-state index in [1.54, 1.807) is 12.4 Å². The predicted molar refractivity (Wildman–Crippen MR) is 152 cm³/mol. The van der Waals surface area contributed by atoms with Crippen LogP contribution in [0.3, 0.4) is 0 Å². The number of anilines is 2. The van der Waals surface area contributed by atoms with Crippen molar-refractivity contribution in [1.82, 2.24) is 20.1 Å². The van der Waals surface area contributed by atoms with Crippen molar-refractivity contribution in [3.05, 3.63) is 70.3 Å². The molecule has 41 heavy (non-hydrogen) atoms. The standard InChI is InChI=1S/C31H37F3N6O/c1-5-35-22-11-21(30(14-19(2)15-30)28-38-37-18-39(28)4)12-23(13-22)40-17-25-24(27(40)41)9-20(10-26(25)31(32,33)34)16-36-29(3)7-6-8-29/h9-13,18-19,35-36H,5-8,14-17H2,1-4H3/t19-,30+. The molecule has 218 valence electrons. The molecule has 1 amide bonds. The van der Waals surface area contributed by atoms with Crippen LogP contribution in [0.25, 0.3) is 0 Å². The quantitative estimate of drug-likeness (QED) is 0.341. The number of alkyl halides is 3. The summed E-state index contributed by atoms with van der Waals surface area (Å²) in [6.45, 7) is 7.10. The third kappa shape index (κ3) is 4.79. The van der Waals surface area contributed by atoms with Gasteiger partial charge in [-0.15, -0.1) is 10.2 Å². The molecule has 3 aliphatic rings. The van der Waals surface area contributed by atoms with E-state index in [-0.39, 0.29) is 28.6 Å². The van der Waals surface area contributed by atoms with Gasteiger partial charge in [-0.05, 0) is 98.9 Å². The van der Waals surface area contributed by atoms with Crippen molar-refractivity contribution in [2.45, 2.75) is 83.1 Å². The molecule has 0 saturated heterocycles. The number of hydrogen-bond donors (Lipinski definition) is 2. The van der Waals surface area contributed by atoms with E-state index in [9.17, 15) is 18.0 Å². The molecule has 0 atom stereocenters. The van der Waals surface area contributed by atoms with Crippen LogP contribution < -0.4 is 15.5 Å². The van der Waals surface area contributed by atoms with Crippen molar-refractivity contribution in [3.63, 3.8) is 0 Å². The average molecular weight is 567 g/mol. The first-order chi connectivity index (χ1) is 19.4. The minimum Gasteiger partial charge on any atom is -0.385 e. The summed E-state index contributed by atoms with van der Waals surface area (Å²) >= 11 is 0. The van der Waals surface area contributed by atoms with Gasteiger partial charge in [-0.3, -0.25) is 4.79 Å². The Labute approximate surface area is 238 Å². The highest BCUT2D eigenvalue weighted by Crippen LogP contribution is 2.53. The maximum absolute atomic E-state index is 14.3. The van der Waals surface area contributed by atoms with Crippen LogP contribution in [-0.2, 0) is 31.7 Å². The zero-order valence-corrected chi connectivity index (χ0v) is 24.0. The van der Waals surface area contributed by atoms with Gasteiger partial charge in [-0.2, -0.15) is 13.2 Å². The molecular formula is C31H37F3N6O. The van der Waals surface area contributed by atoms with Crippen molar-refractivity contribution in [1.29, 1.82) is 0 Å². The average Bonchev–Trinajstić information content (AvgIpc) is 3.46. The largest absolute Gasteiger partial charge is 0.416 e. The fourth-order valence-electron chi connectivity index (χ4n) is 6.97. The number of carbonyl (C=O) groups is 1. The van der Waals surface area contributed by atoms with E-state index >= 15 is 0 Å². The Morgan fingerprint density at radius 3 is 2.46 bits per heavy atom. The number of nitrogens with zero attached hydrogens (tertiary/aromatic N) is 4. The molecule has 0 spiro atoms. The first kappa shape index (κ1) is 27.8. The number of aromatic nitrogens is 3. The fraction of sp³-hybridized carbons (Fsp3) is 0.516. The van der Waals surface area contributed by atoms with E-state index in [2.05, 4.69) is 40.7 Å². The minimum absolute atomic E-state index is 0.0387. The van der Waals surface area contributed by atoms with Gasteiger partial charge in [0, 0.05) is 42.6 Å². The van der Waals surface area contributed by atoms with Crippen molar-refractivity contribution >= 4 is 17.3 Å². The third-order valence-corrected chi connectivity index (χ3v) is 9.28. The Balaban J connectivity index is 1.40. The Bertz CT molecular complexity index is 1490. The van der Waals surface area contributed by atoms with Crippen molar-refractivity contribution in [2.75, 3.05) is 16.8 Å². The smallest absolute Gasteiger partial charge is 0.385 e. The topological polar surface area (TPSA) is 75.1 Å². The second-order valence-corrected chi connectivity index (χ2v) is 12.5. The maximum atomic E-state index is 14.3. The second kappa shape index (κ2) is 9.86. The maximum Gasteiger partial charge on any atom is 0.416 e. The minimum atomic E-state index is -4.56. The zero-order valence-electron chi connectivity index (χ0n) is 24.0. The van der Waals surface area contributed by atoms with E-state index in [0.717, 1.165) is 49.2 Å². The number of benzene rings is 2. The zero-order chi connectivity index (χ0) is 29.2. The Morgan fingerprint density at radius 1 is 1.12 bits per heavy atom. The number of amides is 1. The highest BCUT2D eigenvalue weighted by molar-refractivity contribution is 6.10. The summed E-state index contributed by atoms with van der Waals surface area (Å²) in [4.78, 5) is 15.3. The van der Waals surface area contributed by atoms with E-state index in [0.29, 0.717) is 30.3 Å². The van der Waals surface area contributed by atoms with Crippen molar-refractivity contribution < 1.29 is 18.0 Å². The van der Waals surface area contributed by atoms with Gasteiger partial charge in [0.15, 0.2) is 0 Å². The van der Waals surface area contributed by atoms with Crippen LogP contribution in [-0.4, -0.2) is 32.8 Å². The van der Waals surface area contributed by atoms with E-state index in [1.807, 2.05) is 30.7 Å². The monoisotopic (exact) mass is 566 g/mol. The van der Waals surface area contributed by atoms with Crippen LogP contribution in [0.2, 0.25) is 0 Å². The molecule has 3 aromatic rings. The number of aryl methyl sites for hydroxylation is 1. The van der Waals surface area contributed by atoms with Gasteiger partial charge in [0.1, 0.15) is 12.2 Å². The van der Waals surface area contributed by atoms with Gasteiger partial charge in [0.2, 0.25) is 0 Å². The van der Waals surface area contributed by atoms with Crippen molar-refractivity contribution in [2.24, 2.45) is 13.0 Å². The molecule has 2 N–H and O–H groups in total. The van der Waals surface area contributed by atoms with Gasteiger partial charge in [-0.25, -0.2) is 0 Å². The van der Waals surface area contributed by atoms with E-state index in [4.69, 9.17) is 0 Å². The lowest BCUT2D eigenvalue weighted by Crippen LogP contribution is -2.47. The molecule has 6 rings (SSSR count).